The van der Waals surface area contributed by atoms with Gasteiger partial charge in [0, 0.05) is 19.5 Å². The summed E-state index contributed by atoms with van der Waals surface area (Å²) in [7, 11) is -3.45. The summed E-state index contributed by atoms with van der Waals surface area (Å²) in [4.78, 5) is 0.333. The molecule has 22 heavy (non-hydrogen) atoms. The van der Waals surface area contributed by atoms with Gasteiger partial charge < -0.3 is 10.1 Å². The Morgan fingerprint density at radius 2 is 2.23 bits per heavy atom. The molecule has 2 heterocycles. The fourth-order valence-electron chi connectivity index (χ4n) is 2.95. The number of piperidine rings is 1. The Bertz CT molecular complexity index is 628. The van der Waals surface area contributed by atoms with Crippen molar-refractivity contribution in [3.63, 3.8) is 0 Å². The van der Waals surface area contributed by atoms with Gasteiger partial charge in [-0.25, -0.2) is 13.1 Å². The second-order valence-electron chi connectivity index (χ2n) is 6.28. The average Bonchev–Trinajstić information content (AvgIpc) is 2.94. The van der Waals surface area contributed by atoms with E-state index in [1.165, 1.54) is 0 Å². The summed E-state index contributed by atoms with van der Waals surface area (Å²) in [5.74, 6) is 0.803. The molecule has 0 amide bonds. The summed E-state index contributed by atoms with van der Waals surface area (Å²) in [5.41, 5.74) is 0.967. The summed E-state index contributed by atoms with van der Waals surface area (Å²) in [5, 5.41) is 3.33. The zero-order chi connectivity index (χ0) is 14.9. The maximum Gasteiger partial charge on any atom is 0.240 e. The van der Waals surface area contributed by atoms with Crippen molar-refractivity contribution in [3.05, 3.63) is 23.8 Å². The van der Waals surface area contributed by atoms with Gasteiger partial charge in [-0.05, 0) is 48.6 Å². The lowest BCUT2D eigenvalue weighted by atomic mass is 9.83. The topological polar surface area (TPSA) is 67.4 Å². The minimum Gasteiger partial charge on any atom is -0.493 e. The van der Waals surface area contributed by atoms with Gasteiger partial charge in [-0.3, -0.25) is 0 Å². The largest absolute Gasteiger partial charge is 0.493 e. The molecule has 0 spiro atoms. The zero-order valence-corrected chi connectivity index (χ0v) is 14.4. The van der Waals surface area contributed by atoms with Gasteiger partial charge in [0.1, 0.15) is 5.75 Å². The molecule has 1 aromatic rings. The Morgan fingerprint density at radius 1 is 1.41 bits per heavy atom. The molecule has 2 N–H and O–H groups in total. The summed E-state index contributed by atoms with van der Waals surface area (Å²) in [6.07, 6.45) is 2.91. The molecule has 0 saturated carbocycles. The van der Waals surface area contributed by atoms with Crippen molar-refractivity contribution in [2.45, 2.75) is 31.1 Å². The lowest BCUT2D eigenvalue weighted by molar-refractivity contribution is 0.238. The highest BCUT2D eigenvalue weighted by molar-refractivity contribution is 7.89. The quantitative estimate of drug-likeness (QED) is 0.871. The van der Waals surface area contributed by atoms with E-state index in [1.54, 1.807) is 18.2 Å². The fraction of sp³-hybridized carbons (Fsp3) is 0.600. The Morgan fingerprint density at radius 3 is 2.95 bits per heavy atom. The first-order chi connectivity index (χ1) is 9.99. The van der Waals surface area contributed by atoms with Crippen molar-refractivity contribution < 1.29 is 13.2 Å². The van der Waals surface area contributed by atoms with Gasteiger partial charge in [0.2, 0.25) is 10.0 Å². The normalized spacial score (nSPS) is 24.2. The van der Waals surface area contributed by atoms with Crippen molar-refractivity contribution in [1.29, 1.82) is 0 Å². The first kappa shape index (κ1) is 17.5. The van der Waals surface area contributed by atoms with E-state index in [2.05, 4.69) is 17.0 Å². The molecule has 1 fully saturated rings. The van der Waals surface area contributed by atoms with Gasteiger partial charge in [0.15, 0.2) is 0 Å². The van der Waals surface area contributed by atoms with E-state index in [0.717, 1.165) is 43.7 Å². The third-order valence-electron chi connectivity index (χ3n) is 4.35. The van der Waals surface area contributed by atoms with Crippen molar-refractivity contribution >= 4 is 22.4 Å². The van der Waals surface area contributed by atoms with Crippen LogP contribution >= 0.6 is 12.4 Å². The van der Waals surface area contributed by atoms with Crippen LogP contribution in [0.25, 0.3) is 0 Å². The molecule has 1 aromatic carbocycles. The molecule has 3 rings (SSSR count). The van der Waals surface area contributed by atoms with Crippen LogP contribution in [-0.4, -0.2) is 34.7 Å². The van der Waals surface area contributed by atoms with E-state index in [0.29, 0.717) is 18.0 Å². The minimum atomic E-state index is -3.45. The second-order valence-corrected chi connectivity index (χ2v) is 8.05. The van der Waals surface area contributed by atoms with Crippen LogP contribution in [0.1, 0.15) is 25.3 Å². The maximum atomic E-state index is 12.4. The second kappa shape index (κ2) is 6.74. The number of fused-ring (bicyclic) bond motifs is 1. The third-order valence-corrected chi connectivity index (χ3v) is 5.74. The van der Waals surface area contributed by atoms with Crippen molar-refractivity contribution in [2.24, 2.45) is 5.41 Å². The van der Waals surface area contributed by atoms with Crippen LogP contribution in [0.2, 0.25) is 0 Å². The predicted octanol–water partition coefficient (Wildman–Crippen LogP) is 1.71. The monoisotopic (exact) mass is 346 g/mol. The number of nitrogens with one attached hydrogen (secondary N) is 2. The van der Waals surface area contributed by atoms with Gasteiger partial charge in [-0.1, -0.05) is 6.92 Å². The number of hydrogen-bond acceptors (Lipinski definition) is 4. The molecule has 7 heteroatoms. The van der Waals surface area contributed by atoms with Crippen molar-refractivity contribution in [3.8, 4) is 5.75 Å². The molecular weight excluding hydrogens is 324 g/mol. The van der Waals surface area contributed by atoms with Crippen LogP contribution in [0.15, 0.2) is 23.1 Å². The Labute approximate surface area is 138 Å². The number of rotatable bonds is 4. The highest BCUT2D eigenvalue weighted by atomic mass is 35.5. The van der Waals surface area contributed by atoms with Crippen molar-refractivity contribution in [1.82, 2.24) is 10.0 Å². The van der Waals surface area contributed by atoms with E-state index in [4.69, 9.17) is 4.74 Å². The molecule has 0 aromatic heterocycles. The molecule has 1 unspecified atom stereocenters. The van der Waals surface area contributed by atoms with E-state index < -0.39 is 10.0 Å². The standard InChI is InChI=1S/C15H22N2O3S.ClH/c1-15(6-2-7-16-10-15)11-17-21(18,19)13-3-4-14-12(9-13)5-8-20-14;/h3-4,9,16-17H,2,5-8,10-11H2,1H3;1H. The molecule has 0 aliphatic carbocycles. The molecule has 124 valence electrons. The summed E-state index contributed by atoms with van der Waals surface area (Å²) < 4.78 is 33.1. The number of sulfonamides is 1. The SMILES string of the molecule is CC1(CNS(=O)(=O)c2ccc3c(c2)CCO3)CCCNC1.Cl. The van der Waals surface area contributed by atoms with E-state index in [9.17, 15) is 8.42 Å². The third kappa shape index (κ3) is 3.74. The van der Waals surface area contributed by atoms with Gasteiger partial charge >= 0.3 is 0 Å². The molecule has 1 saturated heterocycles. The minimum absolute atomic E-state index is 0. The zero-order valence-electron chi connectivity index (χ0n) is 12.7. The smallest absolute Gasteiger partial charge is 0.240 e. The van der Waals surface area contributed by atoms with E-state index in [1.807, 2.05) is 0 Å². The molecular formula is C15H23ClN2O3S. The molecule has 2 aliphatic rings. The molecule has 1 atom stereocenters. The molecule has 2 aliphatic heterocycles. The first-order valence-corrected chi connectivity index (χ1v) is 8.93. The van der Waals surface area contributed by atoms with Crippen LogP contribution in [0, 0.1) is 5.41 Å². The molecule has 5 nitrogen and oxygen atoms in total. The van der Waals surface area contributed by atoms with Crippen LogP contribution in [0.5, 0.6) is 5.75 Å². The van der Waals surface area contributed by atoms with Gasteiger partial charge in [0.25, 0.3) is 0 Å². The Kier molecular flexibility index (Phi) is 5.37. The van der Waals surface area contributed by atoms with Crippen LogP contribution < -0.4 is 14.8 Å². The average molecular weight is 347 g/mol. The number of benzene rings is 1. The van der Waals surface area contributed by atoms with E-state index >= 15 is 0 Å². The van der Waals surface area contributed by atoms with Gasteiger partial charge in [-0.15, -0.1) is 12.4 Å². The van der Waals surface area contributed by atoms with Crippen LogP contribution in [0.4, 0.5) is 0 Å². The van der Waals surface area contributed by atoms with Crippen molar-refractivity contribution in [2.75, 3.05) is 26.2 Å². The number of halogens is 1. The Hall–Kier alpha value is -0.820. The maximum absolute atomic E-state index is 12.4. The van der Waals surface area contributed by atoms with E-state index in [-0.39, 0.29) is 17.8 Å². The van der Waals surface area contributed by atoms with Gasteiger partial charge in [0.05, 0.1) is 11.5 Å². The first-order valence-electron chi connectivity index (χ1n) is 7.45. The predicted molar refractivity (Wildman–Crippen MR) is 88.3 cm³/mol. The lowest BCUT2D eigenvalue weighted by Crippen LogP contribution is -2.45. The number of ether oxygens (including phenoxy) is 1. The molecule has 0 bridgehead atoms. The summed E-state index contributed by atoms with van der Waals surface area (Å²) in [6, 6.07) is 5.10. The summed E-state index contributed by atoms with van der Waals surface area (Å²) in [6.45, 7) is 5.10. The van der Waals surface area contributed by atoms with Crippen LogP contribution in [-0.2, 0) is 16.4 Å². The summed E-state index contributed by atoms with van der Waals surface area (Å²) >= 11 is 0. The highest BCUT2D eigenvalue weighted by Gasteiger charge is 2.29. The highest BCUT2D eigenvalue weighted by Crippen LogP contribution is 2.28. The Balaban J connectivity index is 0.00000176. The molecule has 0 radical (unpaired) electrons. The fourth-order valence-corrected chi connectivity index (χ4v) is 4.20. The lowest BCUT2D eigenvalue weighted by Gasteiger charge is -2.34. The van der Waals surface area contributed by atoms with Gasteiger partial charge in [-0.2, -0.15) is 0 Å². The number of hydrogen-bond donors (Lipinski definition) is 2. The van der Waals surface area contributed by atoms with Crippen LogP contribution in [0.3, 0.4) is 0 Å².